The van der Waals surface area contributed by atoms with E-state index < -0.39 is 18.3 Å². The lowest BCUT2D eigenvalue weighted by molar-refractivity contribution is 0.00578. The Morgan fingerprint density at radius 3 is 2.22 bits per heavy atom. The van der Waals surface area contributed by atoms with Gasteiger partial charge in [-0.25, -0.2) is 9.78 Å². The quantitative estimate of drug-likeness (QED) is 0.382. The van der Waals surface area contributed by atoms with Crippen molar-refractivity contribution in [3.8, 4) is 6.07 Å². The number of urea groups is 1. The van der Waals surface area contributed by atoms with Crippen LogP contribution < -0.4 is 21.0 Å². The smallest absolute Gasteiger partial charge is 0.399 e. The zero-order valence-electron chi connectivity index (χ0n) is 24.3. The third-order valence-electron chi connectivity index (χ3n) is 8.51. The van der Waals surface area contributed by atoms with Crippen molar-refractivity contribution in [2.24, 2.45) is 0 Å². The lowest BCUT2D eigenvalue weighted by Gasteiger charge is -2.37. The summed E-state index contributed by atoms with van der Waals surface area (Å²) in [6.45, 7) is 8.64. The molecule has 9 heteroatoms. The average molecular weight is 552 g/mol. The third-order valence-corrected chi connectivity index (χ3v) is 8.51. The maximum atomic E-state index is 13.7. The fraction of sp³-hybridized carbons (Fsp3) is 0.406. The largest absolute Gasteiger partial charge is 0.494 e. The molecule has 0 spiro atoms. The molecule has 1 saturated heterocycles. The number of benzene rings is 2. The summed E-state index contributed by atoms with van der Waals surface area (Å²) in [6.07, 6.45) is 5.10. The molecule has 2 fully saturated rings. The highest BCUT2D eigenvalue weighted by atomic mass is 16.7. The number of nitrogens with one attached hydrogen (secondary N) is 2. The van der Waals surface area contributed by atoms with Gasteiger partial charge in [0.05, 0.1) is 16.8 Å². The molecule has 0 unspecified atom stereocenters. The molecule has 2 aliphatic rings. The van der Waals surface area contributed by atoms with Crippen molar-refractivity contribution < 1.29 is 14.1 Å². The Balaban J connectivity index is 1.29. The molecule has 2 N–H and O–H groups in total. The Bertz CT molecular complexity index is 1350. The van der Waals surface area contributed by atoms with Crippen LogP contribution in [0.3, 0.4) is 0 Å². The Labute approximate surface area is 243 Å². The first-order valence-electron chi connectivity index (χ1n) is 14.3. The maximum absolute atomic E-state index is 13.7. The van der Waals surface area contributed by atoms with Gasteiger partial charge in [0.2, 0.25) is 0 Å². The first kappa shape index (κ1) is 28.7. The number of rotatable bonds is 7. The Morgan fingerprint density at radius 2 is 1.63 bits per heavy atom. The minimum absolute atomic E-state index is 0.0560. The number of nitriles is 1. The van der Waals surface area contributed by atoms with Gasteiger partial charge in [-0.15, -0.1) is 0 Å². The van der Waals surface area contributed by atoms with E-state index in [9.17, 15) is 4.79 Å². The van der Waals surface area contributed by atoms with Crippen molar-refractivity contribution in [3.05, 3.63) is 84.1 Å². The van der Waals surface area contributed by atoms with E-state index in [-0.39, 0.29) is 18.1 Å². The highest BCUT2D eigenvalue weighted by molar-refractivity contribution is 6.62. The summed E-state index contributed by atoms with van der Waals surface area (Å²) in [5.41, 5.74) is 2.54. The molecule has 212 valence electrons. The number of aromatic nitrogens is 1. The van der Waals surface area contributed by atoms with Crippen LogP contribution in [-0.4, -0.2) is 41.4 Å². The van der Waals surface area contributed by atoms with E-state index in [4.69, 9.17) is 14.6 Å². The van der Waals surface area contributed by atoms with Gasteiger partial charge >= 0.3 is 13.1 Å². The molecule has 2 aromatic carbocycles. The molecule has 1 aromatic heterocycles. The fourth-order valence-electron chi connectivity index (χ4n) is 5.36. The van der Waals surface area contributed by atoms with Crippen LogP contribution in [0, 0.1) is 11.3 Å². The number of hydrogen-bond acceptors (Lipinski definition) is 6. The van der Waals surface area contributed by atoms with E-state index in [1.807, 2.05) is 93.3 Å². The van der Waals surface area contributed by atoms with Crippen LogP contribution in [0.4, 0.5) is 16.3 Å². The predicted octanol–water partition coefficient (Wildman–Crippen LogP) is 5.39. The highest BCUT2D eigenvalue weighted by Crippen LogP contribution is 2.37. The molecule has 2 heterocycles. The highest BCUT2D eigenvalue weighted by Gasteiger charge is 2.51. The van der Waals surface area contributed by atoms with E-state index in [0.717, 1.165) is 48.2 Å². The minimum atomic E-state index is -0.452. The predicted molar refractivity (Wildman–Crippen MR) is 162 cm³/mol. The minimum Gasteiger partial charge on any atom is -0.399 e. The molecule has 2 amide bonds. The Kier molecular flexibility index (Phi) is 8.34. The zero-order valence-corrected chi connectivity index (χ0v) is 24.3. The molecular formula is C32H38BN5O3. The molecule has 41 heavy (non-hydrogen) atoms. The lowest BCUT2D eigenvalue weighted by atomic mass is 9.79. The van der Waals surface area contributed by atoms with Gasteiger partial charge in [-0.05, 0) is 88.7 Å². The maximum Gasteiger partial charge on any atom is 0.494 e. The van der Waals surface area contributed by atoms with Gasteiger partial charge in [0, 0.05) is 30.5 Å². The Hall–Kier alpha value is -3.87. The van der Waals surface area contributed by atoms with Crippen LogP contribution >= 0.6 is 0 Å². The van der Waals surface area contributed by atoms with Gasteiger partial charge in [0.25, 0.3) is 0 Å². The molecule has 5 rings (SSSR count). The summed E-state index contributed by atoms with van der Waals surface area (Å²) in [7, 11) is -0.452. The van der Waals surface area contributed by atoms with Gasteiger partial charge in [0.15, 0.2) is 0 Å². The second kappa shape index (κ2) is 11.9. The van der Waals surface area contributed by atoms with Gasteiger partial charge in [0.1, 0.15) is 11.9 Å². The number of hydrogen-bond donors (Lipinski definition) is 2. The van der Waals surface area contributed by atoms with Crippen LogP contribution in [0.1, 0.15) is 64.5 Å². The number of anilines is 2. The standard InChI is InChI=1S/C32H38BN5O3/c1-31(2)32(3,4)41-33(40-31)25-11-15-27(16-12-25)38(30(39)36-21-23-8-6-5-7-9-23)28-17-13-26(14-18-28)37-29-19-10-24(20-34)22-35-29/h5-12,15-16,19,22,26,28H,13-14,17-18,21H2,1-4H3,(H,35,37)(H,36,39). The van der Waals surface area contributed by atoms with Gasteiger partial charge in [-0.1, -0.05) is 42.5 Å². The van der Waals surface area contributed by atoms with Crippen molar-refractivity contribution in [2.75, 3.05) is 10.2 Å². The van der Waals surface area contributed by atoms with Crippen LogP contribution in [0.2, 0.25) is 0 Å². The van der Waals surface area contributed by atoms with Crippen LogP contribution in [0.15, 0.2) is 72.9 Å². The number of carbonyl (C=O) groups excluding carboxylic acids is 1. The lowest BCUT2D eigenvalue weighted by Crippen LogP contribution is -2.48. The van der Waals surface area contributed by atoms with Crippen molar-refractivity contribution in [2.45, 2.75) is 83.2 Å². The molecule has 1 aliphatic carbocycles. The summed E-state index contributed by atoms with van der Waals surface area (Å²) in [5, 5.41) is 15.6. The Morgan fingerprint density at radius 1 is 0.976 bits per heavy atom. The summed E-state index contributed by atoms with van der Waals surface area (Å²) in [4.78, 5) is 19.9. The number of pyridine rings is 1. The number of carbonyl (C=O) groups is 1. The zero-order chi connectivity index (χ0) is 29.0. The first-order chi connectivity index (χ1) is 19.6. The third kappa shape index (κ3) is 6.56. The summed E-state index contributed by atoms with van der Waals surface area (Å²) < 4.78 is 12.5. The monoisotopic (exact) mass is 551 g/mol. The molecule has 0 atom stereocenters. The summed E-state index contributed by atoms with van der Waals surface area (Å²) in [5.74, 6) is 0.767. The molecular weight excluding hydrogens is 513 g/mol. The molecule has 1 saturated carbocycles. The molecule has 1 aliphatic heterocycles. The molecule has 0 bridgehead atoms. The van der Waals surface area contributed by atoms with E-state index in [1.165, 1.54) is 0 Å². The van der Waals surface area contributed by atoms with Gasteiger partial charge in [-0.2, -0.15) is 5.26 Å². The van der Waals surface area contributed by atoms with Crippen molar-refractivity contribution in [1.82, 2.24) is 10.3 Å². The molecule has 8 nitrogen and oxygen atoms in total. The molecule has 0 radical (unpaired) electrons. The van der Waals surface area contributed by atoms with Crippen LogP contribution in [0.25, 0.3) is 0 Å². The summed E-state index contributed by atoms with van der Waals surface area (Å²) >= 11 is 0. The van der Waals surface area contributed by atoms with E-state index in [0.29, 0.717) is 12.1 Å². The van der Waals surface area contributed by atoms with Gasteiger partial charge in [-0.3, -0.25) is 4.90 Å². The average Bonchev–Trinajstić information content (AvgIpc) is 3.20. The fourth-order valence-corrected chi connectivity index (χ4v) is 5.36. The normalized spacial score (nSPS) is 21.1. The first-order valence-corrected chi connectivity index (χ1v) is 14.3. The van der Waals surface area contributed by atoms with E-state index >= 15 is 0 Å². The van der Waals surface area contributed by atoms with E-state index in [2.05, 4.69) is 21.7 Å². The second-order valence-corrected chi connectivity index (χ2v) is 11.9. The van der Waals surface area contributed by atoms with Crippen LogP contribution in [-0.2, 0) is 15.9 Å². The summed E-state index contributed by atoms with van der Waals surface area (Å²) in [6, 6.07) is 23.9. The van der Waals surface area contributed by atoms with Crippen molar-refractivity contribution in [3.63, 3.8) is 0 Å². The SMILES string of the molecule is CC1(C)OB(c2ccc(N(C(=O)NCc3ccccc3)C3CCC(Nc4ccc(C#N)cn4)CC3)cc2)OC1(C)C. The number of amides is 2. The number of nitrogens with zero attached hydrogens (tertiary/aromatic N) is 3. The molecule has 3 aromatic rings. The van der Waals surface area contributed by atoms with Crippen LogP contribution in [0.5, 0.6) is 0 Å². The topological polar surface area (TPSA) is 99.5 Å². The van der Waals surface area contributed by atoms with Gasteiger partial charge < -0.3 is 19.9 Å². The van der Waals surface area contributed by atoms with Crippen molar-refractivity contribution >= 4 is 30.1 Å². The second-order valence-electron chi connectivity index (χ2n) is 11.9. The van der Waals surface area contributed by atoms with Crippen molar-refractivity contribution in [1.29, 1.82) is 5.26 Å². The van der Waals surface area contributed by atoms with E-state index in [1.54, 1.807) is 12.3 Å².